The largest absolute Gasteiger partial charge is 0.330 e. The monoisotopic (exact) mass is 299 g/mol. The maximum Gasteiger partial charge on any atom is 0.124 e. The van der Waals surface area contributed by atoms with Gasteiger partial charge in [0.2, 0.25) is 0 Å². The molecular formula is C14H19BrFN. The van der Waals surface area contributed by atoms with Gasteiger partial charge in [-0.25, -0.2) is 4.39 Å². The molecule has 1 saturated carbocycles. The SMILES string of the molecule is NCC1(Cc2cc(F)cc(Br)c2)CCCCC1. The summed E-state index contributed by atoms with van der Waals surface area (Å²) in [6, 6.07) is 5.14. The summed E-state index contributed by atoms with van der Waals surface area (Å²) >= 11 is 3.35. The Morgan fingerprint density at radius 3 is 2.47 bits per heavy atom. The third-order valence-electron chi connectivity index (χ3n) is 3.85. The summed E-state index contributed by atoms with van der Waals surface area (Å²) in [5, 5.41) is 0. The maximum absolute atomic E-state index is 13.3. The zero-order chi connectivity index (χ0) is 12.3. The summed E-state index contributed by atoms with van der Waals surface area (Å²) in [6.45, 7) is 0.709. The van der Waals surface area contributed by atoms with Gasteiger partial charge in [-0.3, -0.25) is 0 Å². The molecule has 0 aliphatic heterocycles. The summed E-state index contributed by atoms with van der Waals surface area (Å²) in [5.41, 5.74) is 7.22. The first-order valence-electron chi connectivity index (χ1n) is 6.29. The second kappa shape index (κ2) is 5.49. The Morgan fingerprint density at radius 2 is 1.88 bits per heavy atom. The van der Waals surface area contributed by atoms with Crippen LogP contribution in [0.4, 0.5) is 4.39 Å². The third kappa shape index (κ3) is 3.29. The van der Waals surface area contributed by atoms with Crippen molar-refractivity contribution in [2.24, 2.45) is 11.1 Å². The molecule has 2 N–H and O–H groups in total. The molecule has 0 bridgehead atoms. The smallest absolute Gasteiger partial charge is 0.124 e. The molecule has 94 valence electrons. The number of halogens is 2. The summed E-state index contributed by atoms with van der Waals surface area (Å²) in [4.78, 5) is 0. The molecule has 0 aromatic heterocycles. The molecule has 1 aromatic carbocycles. The summed E-state index contributed by atoms with van der Waals surface area (Å²) in [5.74, 6) is -0.169. The minimum atomic E-state index is -0.169. The van der Waals surface area contributed by atoms with Crippen LogP contribution in [0.2, 0.25) is 0 Å². The molecule has 0 atom stereocenters. The fourth-order valence-electron chi connectivity index (χ4n) is 2.90. The standard InChI is InChI=1S/C14H19BrFN/c15-12-6-11(7-13(16)8-12)9-14(10-17)4-2-1-3-5-14/h6-8H,1-5,9-10,17H2. The number of hydrogen-bond donors (Lipinski definition) is 1. The fourth-order valence-corrected chi connectivity index (χ4v) is 3.41. The Kier molecular flexibility index (Phi) is 4.21. The van der Waals surface area contributed by atoms with E-state index in [1.54, 1.807) is 6.07 Å². The molecule has 1 fully saturated rings. The van der Waals surface area contributed by atoms with Crippen LogP contribution in [0.25, 0.3) is 0 Å². The second-order valence-electron chi connectivity index (χ2n) is 5.22. The fraction of sp³-hybridized carbons (Fsp3) is 0.571. The predicted molar refractivity (Wildman–Crippen MR) is 72.4 cm³/mol. The van der Waals surface area contributed by atoms with Gasteiger partial charge in [0.05, 0.1) is 0 Å². The highest BCUT2D eigenvalue weighted by Gasteiger charge is 2.30. The van der Waals surface area contributed by atoms with Crippen molar-refractivity contribution < 1.29 is 4.39 Å². The minimum Gasteiger partial charge on any atom is -0.330 e. The maximum atomic E-state index is 13.3. The van der Waals surface area contributed by atoms with Gasteiger partial charge in [-0.05, 0) is 55.0 Å². The molecule has 1 aliphatic rings. The lowest BCUT2D eigenvalue weighted by Crippen LogP contribution is -2.34. The Morgan fingerprint density at radius 1 is 1.18 bits per heavy atom. The first-order valence-corrected chi connectivity index (χ1v) is 7.08. The van der Waals surface area contributed by atoms with Gasteiger partial charge in [-0.1, -0.05) is 35.2 Å². The van der Waals surface area contributed by atoms with E-state index in [0.29, 0.717) is 6.54 Å². The van der Waals surface area contributed by atoms with Gasteiger partial charge in [0.1, 0.15) is 5.82 Å². The molecule has 17 heavy (non-hydrogen) atoms. The van der Waals surface area contributed by atoms with E-state index in [2.05, 4.69) is 15.9 Å². The van der Waals surface area contributed by atoms with Gasteiger partial charge in [-0.15, -0.1) is 0 Å². The van der Waals surface area contributed by atoms with E-state index in [0.717, 1.165) is 16.5 Å². The Hall–Kier alpha value is -0.410. The molecule has 0 saturated heterocycles. The van der Waals surface area contributed by atoms with Gasteiger partial charge in [0.25, 0.3) is 0 Å². The van der Waals surface area contributed by atoms with E-state index < -0.39 is 0 Å². The Bertz CT molecular complexity index is 366. The quantitative estimate of drug-likeness (QED) is 0.895. The number of benzene rings is 1. The van der Waals surface area contributed by atoms with Crippen LogP contribution in [0.3, 0.4) is 0 Å². The van der Waals surface area contributed by atoms with Crippen LogP contribution in [0.1, 0.15) is 37.7 Å². The van der Waals surface area contributed by atoms with E-state index in [4.69, 9.17) is 5.73 Å². The van der Waals surface area contributed by atoms with Crippen molar-refractivity contribution in [2.75, 3.05) is 6.54 Å². The molecule has 0 heterocycles. The molecule has 0 amide bonds. The molecule has 1 aromatic rings. The summed E-state index contributed by atoms with van der Waals surface area (Å²) < 4.78 is 14.2. The van der Waals surface area contributed by atoms with Crippen molar-refractivity contribution in [1.82, 2.24) is 0 Å². The van der Waals surface area contributed by atoms with Gasteiger partial charge in [0.15, 0.2) is 0 Å². The van der Waals surface area contributed by atoms with Crippen LogP contribution >= 0.6 is 15.9 Å². The average molecular weight is 300 g/mol. The summed E-state index contributed by atoms with van der Waals surface area (Å²) in [6.07, 6.45) is 7.09. The van der Waals surface area contributed by atoms with Gasteiger partial charge in [0, 0.05) is 4.47 Å². The minimum absolute atomic E-state index is 0.169. The summed E-state index contributed by atoms with van der Waals surface area (Å²) in [7, 11) is 0. The van der Waals surface area contributed by atoms with Gasteiger partial charge in [-0.2, -0.15) is 0 Å². The van der Waals surface area contributed by atoms with E-state index in [9.17, 15) is 4.39 Å². The van der Waals surface area contributed by atoms with Crippen LogP contribution < -0.4 is 5.73 Å². The Balaban J connectivity index is 2.17. The molecule has 1 nitrogen and oxygen atoms in total. The molecule has 0 radical (unpaired) electrons. The lowest BCUT2D eigenvalue weighted by Gasteiger charge is -2.36. The highest BCUT2D eigenvalue weighted by Crippen LogP contribution is 2.38. The molecule has 0 spiro atoms. The predicted octanol–water partition coefficient (Wildman–Crippen LogP) is 4.04. The molecule has 0 unspecified atom stereocenters. The normalized spacial score (nSPS) is 19.2. The van der Waals surface area contributed by atoms with Crippen LogP contribution in [0.15, 0.2) is 22.7 Å². The van der Waals surface area contributed by atoms with Crippen LogP contribution in [0.5, 0.6) is 0 Å². The lowest BCUT2D eigenvalue weighted by molar-refractivity contribution is 0.197. The van der Waals surface area contributed by atoms with Crippen LogP contribution in [-0.2, 0) is 6.42 Å². The van der Waals surface area contributed by atoms with Crippen LogP contribution in [-0.4, -0.2) is 6.54 Å². The van der Waals surface area contributed by atoms with Crippen molar-refractivity contribution in [3.8, 4) is 0 Å². The van der Waals surface area contributed by atoms with Crippen LogP contribution in [0, 0.1) is 11.2 Å². The lowest BCUT2D eigenvalue weighted by atomic mass is 9.70. The van der Waals surface area contributed by atoms with Crippen molar-refractivity contribution in [2.45, 2.75) is 38.5 Å². The number of nitrogens with two attached hydrogens (primary N) is 1. The second-order valence-corrected chi connectivity index (χ2v) is 6.13. The Labute approximate surface area is 111 Å². The average Bonchev–Trinajstić information content (AvgIpc) is 2.29. The van der Waals surface area contributed by atoms with E-state index in [-0.39, 0.29) is 11.2 Å². The highest BCUT2D eigenvalue weighted by atomic mass is 79.9. The van der Waals surface area contributed by atoms with Crippen molar-refractivity contribution in [3.63, 3.8) is 0 Å². The molecule has 2 rings (SSSR count). The third-order valence-corrected chi connectivity index (χ3v) is 4.31. The topological polar surface area (TPSA) is 26.0 Å². The first-order chi connectivity index (χ1) is 8.13. The number of hydrogen-bond acceptors (Lipinski definition) is 1. The van der Waals surface area contributed by atoms with E-state index >= 15 is 0 Å². The zero-order valence-electron chi connectivity index (χ0n) is 10.0. The van der Waals surface area contributed by atoms with Crippen molar-refractivity contribution in [1.29, 1.82) is 0 Å². The number of rotatable bonds is 3. The van der Waals surface area contributed by atoms with Crippen molar-refractivity contribution in [3.05, 3.63) is 34.1 Å². The van der Waals surface area contributed by atoms with Gasteiger partial charge >= 0.3 is 0 Å². The molecule has 1 aliphatic carbocycles. The van der Waals surface area contributed by atoms with E-state index in [1.165, 1.54) is 38.2 Å². The van der Waals surface area contributed by atoms with Crippen molar-refractivity contribution >= 4 is 15.9 Å². The molecular weight excluding hydrogens is 281 g/mol. The zero-order valence-corrected chi connectivity index (χ0v) is 11.6. The molecule has 3 heteroatoms. The van der Waals surface area contributed by atoms with E-state index in [1.807, 2.05) is 6.07 Å². The first kappa shape index (κ1) is 13.0. The van der Waals surface area contributed by atoms with Gasteiger partial charge < -0.3 is 5.73 Å². The highest BCUT2D eigenvalue weighted by molar-refractivity contribution is 9.10.